The van der Waals surface area contributed by atoms with Crippen LogP contribution in [0.5, 0.6) is 0 Å². The third-order valence-electron chi connectivity index (χ3n) is 2.19. The molecule has 4 heteroatoms. The van der Waals surface area contributed by atoms with E-state index in [4.69, 9.17) is 11.6 Å². The van der Waals surface area contributed by atoms with Crippen LogP contribution in [0.2, 0.25) is 0 Å². The molecule has 88 valence electrons. The lowest BCUT2D eigenvalue weighted by molar-refractivity contribution is 0.0953. The van der Waals surface area contributed by atoms with Crippen LogP contribution in [0.4, 0.5) is 0 Å². The summed E-state index contributed by atoms with van der Waals surface area (Å²) in [7, 11) is 0. The second-order valence-corrected chi connectivity index (χ2v) is 5.47. The minimum absolute atomic E-state index is 0.0257. The van der Waals surface area contributed by atoms with Crippen molar-refractivity contribution < 1.29 is 4.79 Å². The molecule has 1 amide bonds. The molecular formula is C12H15ClINO. The highest BCUT2D eigenvalue weighted by Crippen LogP contribution is 2.07. The Balaban J connectivity index is 2.43. The monoisotopic (exact) mass is 351 g/mol. The number of hydrogen-bond donors (Lipinski definition) is 1. The highest BCUT2D eigenvalue weighted by molar-refractivity contribution is 14.1. The molecule has 16 heavy (non-hydrogen) atoms. The molecule has 0 aliphatic heterocycles. The molecule has 1 aromatic carbocycles. The van der Waals surface area contributed by atoms with Gasteiger partial charge < -0.3 is 5.32 Å². The van der Waals surface area contributed by atoms with Gasteiger partial charge >= 0.3 is 0 Å². The summed E-state index contributed by atoms with van der Waals surface area (Å²) < 4.78 is 1.12. The van der Waals surface area contributed by atoms with E-state index in [9.17, 15) is 4.79 Å². The minimum Gasteiger partial charge on any atom is -0.351 e. The number of alkyl halides is 1. The van der Waals surface area contributed by atoms with E-state index < -0.39 is 0 Å². The molecule has 0 saturated heterocycles. The fourth-order valence-corrected chi connectivity index (χ4v) is 1.98. The highest BCUT2D eigenvalue weighted by Gasteiger charge is 2.08. The van der Waals surface area contributed by atoms with Crippen LogP contribution in [0, 0.1) is 3.57 Å². The first-order valence-corrected chi connectivity index (χ1v) is 6.83. The van der Waals surface area contributed by atoms with Crippen LogP contribution in [0.1, 0.15) is 30.1 Å². The zero-order chi connectivity index (χ0) is 12.0. The standard InChI is InChI=1S/C12H15ClINO/c1-2-3-10(13)8-15-12(16)9-4-6-11(14)7-5-9/h4-7,10H,2-3,8H2,1H3,(H,15,16). The number of halogens is 2. The fourth-order valence-electron chi connectivity index (χ4n) is 1.32. The second-order valence-electron chi connectivity index (χ2n) is 3.60. The molecule has 1 atom stereocenters. The predicted molar refractivity (Wildman–Crippen MR) is 76.0 cm³/mol. The van der Waals surface area contributed by atoms with E-state index in [1.54, 1.807) is 0 Å². The largest absolute Gasteiger partial charge is 0.351 e. The van der Waals surface area contributed by atoms with Gasteiger partial charge in [-0.25, -0.2) is 0 Å². The zero-order valence-corrected chi connectivity index (χ0v) is 12.1. The summed E-state index contributed by atoms with van der Waals surface area (Å²) in [6.45, 7) is 2.61. The molecule has 0 radical (unpaired) electrons. The van der Waals surface area contributed by atoms with E-state index >= 15 is 0 Å². The first-order chi connectivity index (χ1) is 7.63. The number of rotatable bonds is 5. The van der Waals surface area contributed by atoms with Crippen molar-refractivity contribution in [3.05, 3.63) is 33.4 Å². The summed E-state index contributed by atoms with van der Waals surface area (Å²) in [5.74, 6) is -0.0573. The van der Waals surface area contributed by atoms with Crippen LogP contribution in [0.25, 0.3) is 0 Å². The van der Waals surface area contributed by atoms with E-state index in [2.05, 4.69) is 34.8 Å². The van der Waals surface area contributed by atoms with E-state index in [0.717, 1.165) is 16.4 Å². The first-order valence-electron chi connectivity index (χ1n) is 5.31. The second kappa shape index (κ2) is 7.12. The Morgan fingerprint density at radius 3 is 2.62 bits per heavy atom. The quantitative estimate of drug-likeness (QED) is 0.639. The molecule has 1 N–H and O–H groups in total. The summed E-state index contributed by atoms with van der Waals surface area (Å²) in [4.78, 5) is 11.7. The Morgan fingerprint density at radius 1 is 1.44 bits per heavy atom. The molecule has 1 rings (SSSR count). The van der Waals surface area contributed by atoms with E-state index in [1.165, 1.54) is 0 Å². The molecule has 0 bridgehead atoms. The zero-order valence-electron chi connectivity index (χ0n) is 9.17. The smallest absolute Gasteiger partial charge is 0.251 e. The van der Waals surface area contributed by atoms with Gasteiger partial charge in [0.05, 0.1) is 5.38 Å². The Bertz CT molecular complexity index is 339. The number of carbonyl (C=O) groups is 1. The number of nitrogens with one attached hydrogen (secondary N) is 1. The maximum absolute atomic E-state index is 11.7. The summed E-state index contributed by atoms with van der Waals surface area (Å²) in [5, 5.41) is 2.86. The fraction of sp³-hybridized carbons (Fsp3) is 0.417. The Morgan fingerprint density at radius 2 is 2.06 bits per heavy atom. The lowest BCUT2D eigenvalue weighted by Crippen LogP contribution is -2.29. The van der Waals surface area contributed by atoms with Crippen molar-refractivity contribution in [2.24, 2.45) is 0 Å². The van der Waals surface area contributed by atoms with Gasteiger partial charge in [0.15, 0.2) is 0 Å². The predicted octanol–water partition coefficient (Wildman–Crippen LogP) is 3.43. The van der Waals surface area contributed by atoms with Crippen LogP contribution in [0.15, 0.2) is 24.3 Å². The van der Waals surface area contributed by atoms with Gasteiger partial charge in [-0.15, -0.1) is 11.6 Å². The van der Waals surface area contributed by atoms with Crippen LogP contribution in [-0.4, -0.2) is 17.8 Å². The van der Waals surface area contributed by atoms with Gasteiger partial charge in [0.2, 0.25) is 0 Å². The highest BCUT2D eigenvalue weighted by atomic mass is 127. The van der Waals surface area contributed by atoms with E-state index in [-0.39, 0.29) is 11.3 Å². The lowest BCUT2D eigenvalue weighted by atomic mass is 10.2. The van der Waals surface area contributed by atoms with Crippen LogP contribution < -0.4 is 5.32 Å². The Kier molecular flexibility index (Phi) is 6.13. The molecule has 0 aromatic heterocycles. The topological polar surface area (TPSA) is 29.1 Å². The molecule has 2 nitrogen and oxygen atoms in total. The van der Waals surface area contributed by atoms with Crippen LogP contribution in [-0.2, 0) is 0 Å². The van der Waals surface area contributed by atoms with E-state index in [1.807, 2.05) is 24.3 Å². The molecule has 0 aliphatic carbocycles. The van der Waals surface area contributed by atoms with Crippen molar-refractivity contribution in [2.45, 2.75) is 25.1 Å². The Labute approximate surface area is 115 Å². The average molecular weight is 352 g/mol. The van der Waals surface area contributed by atoms with Gasteiger partial charge in [-0.3, -0.25) is 4.79 Å². The number of benzene rings is 1. The van der Waals surface area contributed by atoms with Gasteiger partial charge in [0, 0.05) is 15.7 Å². The lowest BCUT2D eigenvalue weighted by Gasteiger charge is -2.09. The summed E-state index contributed by atoms with van der Waals surface area (Å²) in [6, 6.07) is 7.47. The van der Waals surface area contributed by atoms with Crippen molar-refractivity contribution >= 4 is 40.1 Å². The SMILES string of the molecule is CCCC(Cl)CNC(=O)c1ccc(I)cc1. The van der Waals surface area contributed by atoms with Crippen molar-refractivity contribution in [2.75, 3.05) is 6.54 Å². The molecule has 1 aromatic rings. The van der Waals surface area contributed by atoms with Gasteiger partial charge in [-0.05, 0) is 53.3 Å². The molecule has 0 fully saturated rings. The van der Waals surface area contributed by atoms with Crippen LogP contribution in [0.3, 0.4) is 0 Å². The van der Waals surface area contributed by atoms with Gasteiger partial charge in [0.25, 0.3) is 5.91 Å². The van der Waals surface area contributed by atoms with Crippen molar-refractivity contribution in [1.82, 2.24) is 5.32 Å². The molecular weight excluding hydrogens is 336 g/mol. The maximum Gasteiger partial charge on any atom is 0.251 e. The van der Waals surface area contributed by atoms with Crippen molar-refractivity contribution in [1.29, 1.82) is 0 Å². The number of hydrogen-bond acceptors (Lipinski definition) is 1. The average Bonchev–Trinajstić information content (AvgIpc) is 2.27. The van der Waals surface area contributed by atoms with Gasteiger partial charge in [-0.1, -0.05) is 13.3 Å². The molecule has 0 spiro atoms. The molecule has 1 unspecified atom stereocenters. The molecule has 0 saturated carbocycles. The maximum atomic E-state index is 11.7. The first kappa shape index (κ1) is 13.8. The van der Waals surface area contributed by atoms with Gasteiger partial charge in [0.1, 0.15) is 0 Å². The molecule has 0 heterocycles. The third kappa shape index (κ3) is 4.70. The molecule has 0 aliphatic rings. The number of carbonyl (C=O) groups excluding carboxylic acids is 1. The summed E-state index contributed by atoms with van der Waals surface area (Å²) in [5.41, 5.74) is 0.681. The van der Waals surface area contributed by atoms with E-state index in [0.29, 0.717) is 12.1 Å². The minimum atomic E-state index is -0.0573. The number of amides is 1. The van der Waals surface area contributed by atoms with Crippen molar-refractivity contribution in [3.8, 4) is 0 Å². The van der Waals surface area contributed by atoms with Crippen LogP contribution >= 0.6 is 34.2 Å². The Hall–Kier alpha value is -0.290. The summed E-state index contributed by atoms with van der Waals surface area (Å²) in [6.07, 6.45) is 1.96. The normalized spacial score (nSPS) is 12.2. The van der Waals surface area contributed by atoms with Crippen molar-refractivity contribution in [3.63, 3.8) is 0 Å². The van der Waals surface area contributed by atoms with Gasteiger partial charge in [-0.2, -0.15) is 0 Å². The third-order valence-corrected chi connectivity index (χ3v) is 3.28. The summed E-state index contributed by atoms with van der Waals surface area (Å²) >= 11 is 8.23.